The van der Waals surface area contributed by atoms with Gasteiger partial charge in [0, 0.05) is 31.2 Å². The Hall–Kier alpha value is -1.29. The standard InChI is InChI=1S/C23H33NO2S/c25-21(14-6-4-11-19-9-2-1-3-10-19)16-18-27-23(26)24-17-8-13-20-12-5-7-15-22(20)24/h1-3,9-10,20,22H,4-8,11-18H2. The number of likely N-dealkylation sites (tertiary alicyclic amines) is 1. The number of nitrogens with zero attached hydrogens (tertiary/aromatic N) is 1. The summed E-state index contributed by atoms with van der Waals surface area (Å²) in [5, 5.41) is 0.212. The van der Waals surface area contributed by atoms with E-state index in [0.717, 1.165) is 38.1 Å². The molecule has 1 aliphatic heterocycles. The molecule has 27 heavy (non-hydrogen) atoms. The molecule has 2 fully saturated rings. The van der Waals surface area contributed by atoms with Crippen molar-refractivity contribution in [1.29, 1.82) is 0 Å². The van der Waals surface area contributed by atoms with E-state index >= 15 is 0 Å². The number of aryl methyl sites for hydroxylation is 1. The molecule has 148 valence electrons. The fourth-order valence-corrected chi connectivity index (χ4v) is 5.50. The summed E-state index contributed by atoms with van der Waals surface area (Å²) in [4.78, 5) is 26.9. The van der Waals surface area contributed by atoms with Crippen LogP contribution in [0.3, 0.4) is 0 Å². The number of Topliss-reactive ketones (excluding diaryl/α,β-unsaturated/α-hetero) is 1. The zero-order valence-electron chi connectivity index (χ0n) is 16.4. The van der Waals surface area contributed by atoms with E-state index in [9.17, 15) is 9.59 Å². The van der Waals surface area contributed by atoms with Crippen LogP contribution >= 0.6 is 11.8 Å². The van der Waals surface area contributed by atoms with Gasteiger partial charge in [-0.15, -0.1) is 0 Å². The minimum Gasteiger partial charge on any atom is -0.330 e. The highest BCUT2D eigenvalue weighted by atomic mass is 32.2. The van der Waals surface area contributed by atoms with Gasteiger partial charge in [-0.2, -0.15) is 0 Å². The number of amides is 1. The molecule has 0 bridgehead atoms. The maximum atomic E-state index is 12.6. The minimum absolute atomic E-state index is 0.212. The Morgan fingerprint density at radius 3 is 2.59 bits per heavy atom. The highest BCUT2D eigenvalue weighted by molar-refractivity contribution is 8.13. The average molecular weight is 388 g/mol. The first-order valence-electron chi connectivity index (χ1n) is 10.7. The van der Waals surface area contributed by atoms with Gasteiger partial charge in [0.1, 0.15) is 5.78 Å². The topological polar surface area (TPSA) is 37.4 Å². The van der Waals surface area contributed by atoms with Gasteiger partial charge in [0.05, 0.1) is 0 Å². The summed E-state index contributed by atoms with van der Waals surface area (Å²) in [7, 11) is 0. The fraction of sp³-hybridized carbons (Fsp3) is 0.652. The number of unbranched alkanes of at least 4 members (excludes halogenated alkanes) is 1. The Morgan fingerprint density at radius 1 is 0.963 bits per heavy atom. The number of carbonyl (C=O) groups is 2. The van der Waals surface area contributed by atoms with Crippen LogP contribution < -0.4 is 0 Å². The quantitative estimate of drug-likeness (QED) is 0.524. The number of rotatable bonds is 8. The summed E-state index contributed by atoms with van der Waals surface area (Å²) >= 11 is 1.37. The maximum Gasteiger partial charge on any atom is 0.281 e. The smallest absolute Gasteiger partial charge is 0.281 e. The van der Waals surface area contributed by atoms with Crippen molar-refractivity contribution in [1.82, 2.24) is 4.90 Å². The molecule has 1 saturated heterocycles. The third kappa shape index (κ3) is 6.38. The van der Waals surface area contributed by atoms with Crippen molar-refractivity contribution in [3.05, 3.63) is 35.9 Å². The first-order valence-corrected chi connectivity index (χ1v) is 11.7. The summed E-state index contributed by atoms with van der Waals surface area (Å²) in [6, 6.07) is 10.9. The Morgan fingerprint density at radius 2 is 1.74 bits per heavy atom. The molecule has 3 rings (SSSR count). The summed E-state index contributed by atoms with van der Waals surface area (Å²) in [6.07, 6.45) is 11.7. The summed E-state index contributed by atoms with van der Waals surface area (Å²) in [5.41, 5.74) is 1.34. The van der Waals surface area contributed by atoms with Gasteiger partial charge in [0.2, 0.25) is 0 Å². The van der Waals surface area contributed by atoms with Crippen LogP contribution in [-0.4, -0.2) is 34.3 Å². The van der Waals surface area contributed by atoms with Gasteiger partial charge in [-0.3, -0.25) is 9.59 Å². The van der Waals surface area contributed by atoms with E-state index in [0.29, 0.717) is 30.4 Å². The average Bonchev–Trinajstić information content (AvgIpc) is 2.71. The van der Waals surface area contributed by atoms with Crippen LogP contribution in [0.25, 0.3) is 0 Å². The SMILES string of the molecule is O=C(CCCCc1ccccc1)CCSC(=O)N1CCCC2CCCCC21. The van der Waals surface area contributed by atoms with Gasteiger partial charge in [-0.1, -0.05) is 54.9 Å². The van der Waals surface area contributed by atoms with Crippen LogP contribution in [-0.2, 0) is 11.2 Å². The first kappa shape index (κ1) is 20.4. The van der Waals surface area contributed by atoms with Crippen molar-refractivity contribution in [2.24, 2.45) is 5.92 Å². The zero-order chi connectivity index (χ0) is 18.9. The number of hydrogen-bond donors (Lipinski definition) is 0. The van der Waals surface area contributed by atoms with Crippen molar-refractivity contribution in [3.63, 3.8) is 0 Å². The number of ketones is 1. The maximum absolute atomic E-state index is 12.6. The predicted octanol–water partition coefficient (Wildman–Crippen LogP) is 5.87. The van der Waals surface area contributed by atoms with Crippen molar-refractivity contribution in [2.75, 3.05) is 12.3 Å². The summed E-state index contributed by atoms with van der Waals surface area (Å²) in [5.74, 6) is 1.67. The fourth-order valence-electron chi connectivity index (χ4n) is 4.61. The first-order chi connectivity index (χ1) is 13.2. The molecular weight excluding hydrogens is 354 g/mol. The molecule has 4 heteroatoms. The summed E-state index contributed by atoms with van der Waals surface area (Å²) < 4.78 is 0. The molecule has 1 heterocycles. The van der Waals surface area contributed by atoms with E-state index in [-0.39, 0.29) is 5.24 Å². The molecule has 0 spiro atoms. The van der Waals surface area contributed by atoms with Gasteiger partial charge in [-0.25, -0.2) is 0 Å². The zero-order valence-corrected chi connectivity index (χ0v) is 17.2. The van der Waals surface area contributed by atoms with Gasteiger partial charge in [-0.05, 0) is 56.4 Å². The molecule has 1 aliphatic carbocycles. The minimum atomic E-state index is 0.212. The van der Waals surface area contributed by atoms with Crippen LogP contribution in [0.4, 0.5) is 4.79 Å². The lowest BCUT2D eigenvalue weighted by molar-refractivity contribution is -0.118. The van der Waals surface area contributed by atoms with Crippen molar-refractivity contribution in [2.45, 2.75) is 76.7 Å². The largest absolute Gasteiger partial charge is 0.330 e. The number of piperidine rings is 1. The lowest BCUT2D eigenvalue weighted by atomic mass is 9.78. The Balaban J connectivity index is 1.29. The molecule has 2 atom stereocenters. The molecule has 0 N–H and O–H groups in total. The van der Waals surface area contributed by atoms with Gasteiger partial charge >= 0.3 is 0 Å². The Bertz CT molecular complexity index is 602. The third-order valence-corrected chi connectivity index (χ3v) is 6.99. The number of benzene rings is 1. The van der Waals surface area contributed by atoms with E-state index in [1.807, 2.05) is 6.07 Å². The van der Waals surface area contributed by atoms with Crippen LogP contribution in [0.15, 0.2) is 30.3 Å². The molecule has 2 unspecified atom stereocenters. The van der Waals surface area contributed by atoms with Crippen molar-refractivity contribution < 1.29 is 9.59 Å². The second-order valence-corrected chi connectivity index (χ2v) is 9.09. The predicted molar refractivity (Wildman–Crippen MR) is 113 cm³/mol. The molecule has 1 amide bonds. The third-order valence-electron chi connectivity index (χ3n) is 6.10. The number of fused-ring (bicyclic) bond motifs is 1. The Kier molecular flexibility index (Phi) is 8.25. The molecule has 2 aliphatic rings. The van der Waals surface area contributed by atoms with E-state index < -0.39 is 0 Å². The van der Waals surface area contributed by atoms with Crippen LogP contribution in [0, 0.1) is 5.92 Å². The molecule has 1 saturated carbocycles. The van der Waals surface area contributed by atoms with Gasteiger partial charge in [0.25, 0.3) is 5.24 Å². The molecule has 1 aromatic rings. The number of hydrogen-bond acceptors (Lipinski definition) is 3. The highest BCUT2D eigenvalue weighted by Gasteiger charge is 2.35. The normalized spacial score (nSPS) is 22.3. The lowest BCUT2D eigenvalue weighted by Gasteiger charge is -2.43. The second kappa shape index (κ2) is 10.9. The summed E-state index contributed by atoms with van der Waals surface area (Å²) in [6.45, 7) is 0.917. The lowest BCUT2D eigenvalue weighted by Crippen LogP contribution is -2.48. The molecule has 0 radical (unpaired) electrons. The van der Waals surface area contributed by atoms with Crippen LogP contribution in [0.2, 0.25) is 0 Å². The molecule has 1 aromatic carbocycles. The van der Waals surface area contributed by atoms with Crippen molar-refractivity contribution in [3.8, 4) is 0 Å². The van der Waals surface area contributed by atoms with E-state index in [1.165, 1.54) is 49.4 Å². The molecular formula is C23H33NO2S. The monoisotopic (exact) mass is 387 g/mol. The molecule has 3 nitrogen and oxygen atoms in total. The van der Waals surface area contributed by atoms with Crippen LogP contribution in [0.1, 0.15) is 69.8 Å². The van der Waals surface area contributed by atoms with Gasteiger partial charge in [0.15, 0.2) is 0 Å². The van der Waals surface area contributed by atoms with E-state index in [1.54, 1.807) is 0 Å². The van der Waals surface area contributed by atoms with E-state index in [2.05, 4.69) is 29.2 Å². The second-order valence-electron chi connectivity index (χ2n) is 8.04. The highest BCUT2D eigenvalue weighted by Crippen LogP contribution is 2.36. The number of carbonyl (C=O) groups excluding carboxylic acids is 2. The number of thioether (sulfide) groups is 1. The van der Waals surface area contributed by atoms with E-state index in [4.69, 9.17) is 0 Å². The Labute approximate surface area is 168 Å². The molecule has 0 aromatic heterocycles. The van der Waals surface area contributed by atoms with Crippen molar-refractivity contribution >= 4 is 22.8 Å². The van der Waals surface area contributed by atoms with Gasteiger partial charge < -0.3 is 4.90 Å². The van der Waals surface area contributed by atoms with Crippen LogP contribution in [0.5, 0.6) is 0 Å².